The molecule has 0 saturated heterocycles. The lowest BCUT2D eigenvalue weighted by molar-refractivity contribution is 0.102. The number of benzene rings is 2. The number of hydrogen-bond donors (Lipinski definition) is 2. The summed E-state index contributed by atoms with van der Waals surface area (Å²) in [6.45, 7) is 0.153. The maximum absolute atomic E-state index is 12.5. The molecule has 28 heavy (non-hydrogen) atoms. The average Bonchev–Trinajstić information content (AvgIpc) is 3.38. The fourth-order valence-corrected chi connectivity index (χ4v) is 3.68. The average molecular weight is 400 g/mol. The van der Waals surface area contributed by atoms with Crippen LogP contribution in [0.25, 0.3) is 0 Å². The number of fused-ring (bicyclic) bond motifs is 1. The number of carbonyl (C=O) groups excluding carboxylic acids is 1. The molecule has 8 nitrogen and oxygen atoms in total. The van der Waals surface area contributed by atoms with Crippen LogP contribution in [0.4, 0.5) is 5.69 Å². The van der Waals surface area contributed by atoms with Crippen molar-refractivity contribution in [2.45, 2.75) is 11.4 Å². The van der Waals surface area contributed by atoms with E-state index in [0.29, 0.717) is 22.9 Å². The van der Waals surface area contributed by atoms with Gasteiger partial charge in [0, 0.05) is 17.3 Å². The topological polar surface area (TPSA) is 107 Å². The monoisotopic (exact) mass is 400 g/mol. The minimum Gasteiger partial charge on any atom is -0.468 e. The predicted molar refractivity (Wildman–Crippen MR) is 99.7 cm³/mol. The van der Waals surface area contributed by atoms with Crippen molar-refractivity contribution in [1.82, 2.24) is 4.72 Å². The SMILES string of the molecule is O=C(Nc1ccc2c(c1)OCO2)c1cccc(S(=O)(=O)NCc2ccco2)c1. The largest absolute Gasteiger partial charge is 0.468 e. The molecule has 0 aliphatic carbocycles. The van der Waals surface area contributed by atoms with Crippen molar-refractivity contribution in [3.05, 3.63) is 72.2 Å². The molecule has 0 radical (unpaired) electrons. The summed E-state index contributed by atoms with van der Waals surface area (Å²) in [5.74, 6) is 1.19. The van der Waals surface area contributed by atoms with E-state index in [4.69, 9.17) is 13.9 Å². The number of furan rings is 1. The summed E-state index contributed by atoms with van der Waals surface area (Å²) >= 11 is 0. The van der Waals surface area contributed by atoms with E-state index in [-0.39, 0.29) is 23.8 Å². The zero-order valence-corrected chi connectivity index (χ0v) is 15.4. The van der Waals surface area contributed by atoms with Crippen LogP contribution in [-0.4, -0.2) is 21.1 Å². The number of sulfonamides is 1. The number of anilines is 1. The van der Waals surface area contributed by atoms with Crippen LogP contribution in [0.1, 0.15) is 16.1 Å². The Morgan fingerprint density at radius 1 is 1.00 bits per heavy atom. The van der Waals surface area contributed by atoms with Gasteiger partial charge in [-0.2, -0.15) is 0 Å². The van der Waals surface area contributed by atoms with Crippen LogP contribution in [-0.2, 0) is 16.6 Å². The highest BCUT2D eigenvalue weighted by atomic mass is 32.2. The number of ether oxygens (including phenoxy) is 2. The minimum atomic E-state index is -3.80. The van der Waals surface area contributed by atoms with Crippen LogP contribution in [0, 0.1) is 0 Å². The van der Waals surface area contributed by atoms with E-state index in [9.17, 15) is 13.2 Å². The van der Waals surface area contributed by atoms with Gasteiger partial charge in [0.1, 0.15) is 5.76 Å². The second kappa shape index (κ2) is 7.37. The lowest BCUT2D eigenvalue weighted by atomic mass is 10.2. The Morgan fingerprint density at radius 3 is 2.68 bits per heavy atom. The van der Waals surface area contributed by atoms with Crippen molar-refractivity contribution >= 4 is 21.6 Å². The molecule has 2 aromatic carbocycles. The first-order chi connectivity index (χ1) is 13.5. The molecule has 1 amide bonds. The maximum Gasteiger partial charge on any atom is 0.255 e. The van der Waals surface area contributed by atoms with E-state index in [1.165, 1.54) is 30.5 Å². The van der Waals surface area contributed by atoms with Crippen molar-refractivity contribution in [2.24, 2.45) is 0 Å². The number of rotatable bonds is 6. The first-order valence-corrected chi connectivity index (χ1v) is 9.83. The van der Waals surface area contributed by atoms with E-state index < -0.39 is 15.9 Å². The van der Waals surface area contributed by atoms with Crippen LogP contribution in [0.5, 0.6) is 11.5 Å². The van der Waals surface area contributed by atoms with Crippen LogP contribution in [0.2, 0.25) is 0 Å². The highest BCUT2D eigenvalue weighted by Crippen LogP contribution is 2.34. The minimum absolute atomic E-state index is 0.0163. The third-order valence-corrected chi connectivity index (χ3v) is 5.45. The highest BCUT2D eigenvalue weighted by Gasteiger charge is 2.18. The van der Waals surface area contributed by atoms with Gasteiger partial charge in [0.15, 0.2) is 11.5 Å². The molecule has 0 bridgehead atoms. The van der Waals surface area contributed by atoms with Gasteiger partial charge in [-0.15, -0.1) is 0 Å². The van der Waals surface area contributed by atoms with Gasteiger partial charge in [-0.1, -0.05) is 6.07 Å². The van der Waals surface area contributed by atoms with E-state index in [0.717, 1.165) is 0 Å². The fraction of sp³-hybridized carbons (Fsp3) is 0.105. The summed E-state index contributed by atoms with van der Waals surface area (Å²) in [5, 5.41) is 2.72. The van der Waals surface area contributed by atoms with Gasteiger partial charge in [-0.25, -0.2) is 13.1 Å². The Morgan fingerprint density at radius 2 is 1.86 bits per heavy atom. The summed E-state index contributed by atoms with van der Waals surface area (Å²) < 4.78 is 43.0. The highest BCUT2D eigenvalue weighted by molar-refractivity contribution is 7.89. The maximum atomic E-state index is 12.5. The molecule has 9 heteroatoms. The lowest BCUT2D eigenvalue weighted by Crippen LogP contribution is -2.23. The zero-order chi connectivity index (χ0) is 19.6. The normalized spacial score (nSPS) is 12.7. The first-order valence-electron chi connectivity index (χ1n) is 8.34. The smallest absolute Gasteiger partial charge is 0.255 e. The van der Waals surface area contributed by atoms with Gasteiger partial charge in [0.2, 0.25) is 16.8 Å². The number of carbonyl (C=O) groups is 1. The molecule has 144 valence electrons. The van der Waals surface area contributed by atoms with E-state index in [1.54, 1.807) is 30.3 Å². The summed E-state index contributed by atoms with van der Waals surface area (Å²) in [7, 11) is -3.80. The van der Waals surface area contributed by atoms with Crippen molar-refractivity contribution in [1.29, 1.82) is 0 Å². The molecule has 0 unspecified atom stereocenters. The molecular formula is C19H16N2O6S. The fourth-order valence-electron chi connectivity index (χ4n) is 2.64. The van der Waals surface area contributed by atoms with Crippen molar-refractivity contribution in [2.75, 3.05) is 12.1 Å². The standard InChI is InChI=1S/C19H16N2O6S/c22-19(21-14-6-7-17-18(10-14)27-12-26-17)13-3-1-5-16(9-13)28(23,24)20-11-15-4-2-8-25-15/h1-10,20H,11-12H2,(H,21,22). The molecule has 1 aliphatic heterocycles. The lowest BCUT2D eigenvalue weighted by Gasteiger charge is -2.09. The van der Waals surface area contributed by atoms with Gasteiger partial charge in [0.05, 0.1) is 17.7 Å². The van der Waals surface area contributed by atoms with Crippen molar-refractivity contribution in [3.63, 3.8) is 0 Å². The van der Waals surface area contributed by atoms with Crippen molar-refractivity contribution < 1.29 is 27.1 Å². The van der Waals surface area contributed by atoms with Crippen LogP contribution in [0.15, 0.2) is 70.2 Å². The predicted octanol–water partition coefficient (Wildman–Crippen LogP) is 2.74. The van der Waals surface area contributed by atoms with Gasteiger partial charge >= 0.3 is 0 Å². The summed E-state index contributed by atoms with van der Waals surface area (Å²) in [4.78, 5) is 12.5. The quantitative estimate of drug-likeness (QED) is 0.659. The van der Waals surface area contributed by atoms with Crippen LogP contribution in [0.3, 0.4) is 0 Å². The molecular weight excluding hydrogens is 384 g/mol. The summed E-state index contributed by atoms with van der Waals surface area (Å²) in [6, 6.07) is 14.1. The molecule has 0 atom stereocenters. The first kappa shape index (κ1) is 18.1. The Kier molecular flexibility index (Phi) is 4.76. The van der Waals surface area contributed by atoms with E-state index in [2.05, 4.69) is 10.0 Å². The zero-order valence-electron chi connectivity index (χ0n) is 14.5. The molecule has 0 fully saturated rings. The third-order valence-electron chi connectivity index (χ3n) is 4.05. The second-order valence-electron chi connectivity index (χ2n) is 5.95. The molecule has 0 spiro atoms. The molecule has 1 aromatic heterocycles. The van der Waals surface area contributed by atoms with Gasteiger partial charge in [0.25, 0.3) is 5.91 Å². The van der Waals surface area contributed by atoms with E-state index >= 15 is 0 Å². The van der Waals surface area contributed by atoms with Gasteiger partial charge < -0.3 is 19.2 Å². The summed E-state index contributed by atoms with van der Waals surface area (Å²) in [5.41, 5.74) is 0.719. The van der Waals surface area contributed by atoms with Crippen molar-refractivity contribution in [3.8, 4) is 11.5 Å². The van der Waals surface area contributed by atoms with Crippen LogP contribution < -0.4 is 19.5 Å². The van der Waals surface area contributed by atoms with E-state index in [1.807, 2.05) is 0 Å². The molecule has 0 saturated carbocycles. The molecule has 3 aromatic rings. The number of nitrogens with one attached hydrogen (secondary N) is 2. The van der Waals surface area contributed by atoms with Gasteiger partial charge in [-0.3, -0.25) is 4.79 Å². The van der Waals surface area contributed by atoms with Gasteiger partial charge in [-0.05, 0) is 42.5 Å². The third kappa shape index (κ3) is 3.85. The molecule has 1 aliphatic rings. The van der Waals surface area contributed by atoms with Crippen LogP contribution >= 0.6 is 0 Å². The Balaban J connectivity index is 1.48. The Hall–Kier alpha value is -3.30. The number of amides is 1. The molecule has 2 N–H and O–H groups in total. The molecule has 2 heterocycles. The molecule has 4 rings (SSSR count). The number of hydrogen-bond acceptors (Lipinski definition) is 6. The Bertz CT molecular complexity index is 1110. The summed E-state index contributed by atoms with van der Waals surface area (Å²) in [6.07, 6.45) is 1.46. The Labute approximate surface area is 161 Å². The second-order valence-corrected chi connectivity index (χ2v) is 7.72.